The highest BCUT2D eigenvalue weighted by Crippen LogP contribution is 2.44. The number of ether oxygens (including phenoxy) is 1. The molecule has 2 atom stereocenters. The molecule has 156 valence electrons. The Bertz CT molecular complexity index is 1330. The zero-order valence-electron chi connectivity index (χ0n) is 17.3. The first kappa shape index (κ1) is 19.3. The largest absolute Gasteiger partial charge is 0.507 e. The third-order valence-electron chi connectivity index (χ3n) is 6.03. The summed E-state index contributed by atoms with van der Waals surface area (Å²) in [6.07, 6.45) is 1.27. The summed E-state index contributed by atoms with van der Waals surface area (Å²) in [5, 5.41) is 10.3. The first-order valence-corrected chi connectivity index (χ1v) is 10.3. The van der Waals surface area contributed by atoms with Gasteiger partial charge >= 0.3 is 0 Å². The normalized spacial score (nSPS) is 18.0. The second kappa shape index (κ2) is 7.54. The molecule has 2 heterocycles. The molecule has 0 fully saturated rings. The minimum Gasteiger partial charge on any atom is -0.507 e. The highest BCUT2D eigenvalue weighted by atomic mass is 16.5. The van der Waals surface area contributed by atoms with E-state index in [1.54, 1.807) is 19.2 Å². The van der Waals surface area contributed by atoms with E-state index < -0.39 is 0 Å². The molecule has 2 unspecified atom stereocenters. The number of benzene rings is 2. The van der Waals surface area contributed by atoms with Gasteiger partial charge in [-0.3, -0.25) is 4.79 Å². The molecule has 0 aliphatic heterocycles. The monoisotopic (exact) mass is 414 g/mol. The van der Waals surface area contributed by atoms with Gasteiger partial charge in [0, 0.05) is 17.5 Å². The van der Waals surface area contributed by atoms with E-state index in [-0.39, 0.29) is 28.4 Å². The van der Waals surface area contributed by atoms with E-state index >= 15 is 0 Å². The number of phenolic OH excluding ortho intramolecular Hbond substituents is 1. The number of phenols is 1. The molecule has 6 nitrogen and oxygen atoms in total. The van der Waals surface area contributed by atoms with E-state index in [1.807, 2.05) is 25.1 Å². The molecule has 0 radical (unpaired) electrons. The number of nitrogens with zero attached hydrogens (tertiary/aromatic N) is 2. The van der Waals surface area contributed by atoms with Crippen molar-refractivity contribution in [3.8, 4) is 11.6 Å². The maximum atomic E-state index is 12.9. The van der Waals surface area contributed by atoms with Gasteiger partial charge in [0.1, 0.15) is 28.3 Å². The van der Waals surface area contributed by atoms with E-state index in [2.05, 4.69) is 22.1 Å². The minimum atomic E-state index is -0.251. The molecule has 1 N–H and O–H groups in total. The second-order valence-electron chi connectivity index (χ2n) is 7.90. The number of aryl methyl sites for hydroxylation is 1. The minimum absolute atomic E-state index is 0.0723. The molecule has 2 aromatic heterocycles. The maximum absolute atomic E-state index is 12.9. The molecule has 0 bridgehead atoms. The van der Waals surface area contributed by atoms with Gasteiger partial charge in [-0.15, -0.1) is 0 Å². The zero-order valence-corrected chi connectivity index (χ0v) is 17.3. The van der Waals surface area contributed by atoms with Gasteiger partial charge in [-0.25, -0.2) is 4.98 Å². The molecule has 2 aromatic carbocycles. The van der Waals surface area contributed by atoms with Gasteiger partial charge in [0.05, 0.1) is 12.8 Å². The fourth-order valence-electron chi connectivity index (χ4n) is 4.62. The first-order chi connectivity index (χ1) is 15.0. The van der Waals surface area contributed by atoms with Crippen LogP contribution >= 0.6 is 0 Å². The topological polar surface area (TPSA) is 85.5 Å². The molecule has 1 aliphatic rings. The Kier molecular flexibility index (Phi) is 4.70. The van der Waals surface area contributed by atoms with Crippen LogP contribution in [0.15, 0.2) is 63.8 Å². The number of aromatic hydroxyl groups is 1. The lowest BCUT2D eigenvalue weighted by atomic mass is 9.73. The van der Waals surface area contributed by atoms with Crippen LogP contribution in [0.2, 0.25) is 0 Å². The fourth-order valence-corrected chi connectivity index (χ4v) is 4.62. The van der Waals surface area contributed by atoms with Crippen LogP contribution in [0, 0.1) is 6.92 Å². The lowest BCUT2D eigenvalue weighted by molar-refractivity contribution is 0.363. The first-order valence-electron chi connectivity index (χ1n) is 10.3. The van der Waals surface area contributed by atoms with Crippen molar-refractivity contribution in [1.29, 1.82) is 0 Å². The standard InChI is InChI=1S/C25H22N2O4/c1-14-26-19-12-16(15-7-4-3-5-8-15)17(11-18(19)25(27-14)30-2)23-13-21(29)24-20(28)9-6-10-22(24)31-23/h3-10,13,16-17,28H,11-12H2,1-2H3. The van der Waals surface area contributed by atoms with E-state index in [9.17, 15) is 9.90 Å². The summed E-state index contributed by atoms with van der Waals surface area (Å²) in [6, 6.07) is 16.6. The van der Waals surface area contributed by atoms with Gasteiger partial charge in [-0.1, -0.05) is 36.4 Å². The molecule has 4 aromatic rings. The summed E-state index contributed by atoms with van der Waals surface area (Å²) in [4.78, 5) is 22.0. The van der Waals surface area contributed by atoms with Crippen molar-refractivity contribution < 1.29 is 14.3 Å². The molecule has 0 amide bonds. The average Bonchev–Trinajstić information content (AvgIpc) is 2.78. The molecule has 0 saturated heterocycles. The van der Waals surface area contributed by atoms with Crippen LogP contribution < -0.4 is 10.2 Å². The van der Waals surface area contributed by atoms with Crippen molar-refractivity contribution in [2.24, 2.45) is 0 Å². The van der Waals surface area contributed by atoms with Crippen LogP contribution in [0.25, 0.3) is 11.0 Å². The van der Waals surface area contributed by atoms with E-state index in [0.717, 1.165) is 16.8 Å². The molecule has 0 saturated carbocycles. The average molecular weight is 414 g/mol. The third kappa shape index (κ3) is 3.34. The van der Waals surface area contributed by atoms with E-state index in [1.165, 1.54) is 12.1 Å². The second-order valence-corrected chi connectivity index (χ2v) is 7.90. The van der Waals surface area contributed by atoms with Crippen molar-refractivity contribution >= 4 is 11.0 Å². The van der Waals surface area contributed by atoms with Crippen molar-refractivity contribution in [3.63, 3.8) is 0 Å². The van der Waals surface area contributed by atoms with Crippen molar-refractivity contribution in [1.82, 2.24) is 9.97 Å². The van der Waals surface area contributed by atoms with Crippen molar-refractivity contribution in [3.05, 3.63) is 93.2 Å². The van der Waals surface area contributed by atoms with Gasteiger partial charge in [0.25, 0.3) is 0 Å². The summed E-state index contributed by atoms with van der Waals surface area (Å²) in [5.41, 5.74) is 3.21. The van der Waals surface area contributed by atoms with Gasteiger partial charge in [-0.2, -0.15) is 4.98 Å². The molecule has 5 rings (SSSR count). The molecule has 6 heteroatoms. The molecular formula is C25H22N2O4. The number of hydrogen-bond acceptors (Lipinski definition) is 6. The van der Waals surface area contributed by atoms with Gasteiger partial charge in [0.15, 0.2) is 5.43 Å². The molecule has 0 spiro atoms. The quantitative estimate of drug-likeness (QED) is 0.539. The summed E-state index contributed by atoms with van der Waals surface area (Å²) < 4.78 is 11.7. The Morgan fingerprint density at radius 3 is 2.61 bits per heavy atom. The Labute approximate surface area is 179 Å². The van der Waals surface area contributed by atoms with Crippen LogP contribution in [0.1, 0.15) is 40.2 Å². The Morgan fingerprint density at radius 2 is 1.84 bits per heavy atom. The van der Waals surface area contributed by atoms with Crippen LogP contribution in [0.4, 0.5) is 0 Å². The predicted molar refractivity (Wildman–Crippen MR) is 117 cm³/mol. The highest BCUT2D eigenvalue weighted by molar-refractivity contribution is 5.82. The Morgan fingerprint density at radius 1 is 1.03 bits per heavy atom. The van der Waals surface area contributed by atoms with E-state index in [4.69, 9.17) is 9.15 Å². The van der Waals surface area contributed by atoms with Crippen molar-refractivity contribution in [2.45, 2.75) is 31.6 Å². The Hall–Kier alpha value is -3.67. The smallest absolute Gasteiger partial charge is 0.219 e. The Balaban J connectivity index is 1.70. The highest BCUT2D eigenvalue weighted by Gasteiger charge is 2.36. The van der Waals surface area contributed by atoms with Crippen LogP contribution in [-0.4, -0.2) is 22.2 Å². The van der Waals surface area contributed by atoms with Gasteiger partial charge in [-0.05, 0) is 43.4 Å². The maximum Gasteiger partial charge on any atom is 0.219 e. The number of methoxy groups -OCH3 is 1. The fraction of sp³-hybridized carbons (Fsp3) is 0.240. The predicted octanol–water partition coefficient (Wildman–Crippen LogP) is 4.27. The van der Waals surface area contributed by atoms with Gasteiger partial charge in [0.2, 0.25) is 5.88 Å². The van der Waals surface area contributed by atoms with E-state index in [0.29, 0.717) is 35.9 Å². The van der Waals surface area contributed by atoms with Crippen LogP contribution in [0.5, 0.6) is 11.6 Å². The zero-order chi connectivity index (χ0) is 21.5. The molecular weight excluding hydrogens is 392 g/mol. The third-order valence-corrected chi connectivity index (χ3v) is 6.03. The van der Waals surface area contributed by atoms with Crippen LogP contribution in [0.3, 0.4) is 0 Å². The number of rotatable bonds is 3. The van der Waals surface area contributed by atoms with Crippen LogP contribution in [-0.2, 0) is 12.8 Å². The molecule has 31 heavy (non-hydrogen) atoms. The lowest BCUT2D eigenvalue weighted by Gasteiger charge is -2.33. The number of aromatic nitrogens is 2. The summed E-state index contributed by atoms with van der Waals surface area (Å²) >= 11 is 0. The summed E-state index contributed by atoms with van der Waals surface area (Å²) in [7, 11) is 1.61. The summed E-state index contributed by atoms with van der Waals surface area (Å²) in [5.74, 6) is 1.73. The van der Waals surface area contributed by atoms with Crippen molar-refractivity contribution in [2.75, 3.05) is 7.11 Å². The lowest BCUT2D eigenvalue weighted by Crippen LogP contribution is -2.25. The van der Waals surface area contributed by atoms with Gasteiger partial charge < -0.3 is 14.3 Å². The number of fused-ring (bicyclic) bond motifs is 2. The molecule has 1 aliphatic carbocycles. The number of hydrogen-bond donors (Lipinski definition) is 1. The SMILES string of the molecule is COc1nc(C)nc2c1CC(c1cc(=O)c3c(O)cccc3o1)C(c1ccccc1)C2. The summed E-state index contributed by atoms with van der Waals surface area (Å²) in [6.45, 7) is 1.86.